The van der Waals surface area contributed by atoms with Crippen LogP contribution in [0, 0.1) is 6.92 Å². The first kappa shape index (κ1) is 10.3. The van der Waals surface area contributed by atoms with Crippen LogP contribution in [0.15, 0.2) is 18.2 Å². The molecule has 2 aliphatic rings. The van der Waals surface area contributed by atoms with Gasteiger partial charge < -0.3 is 5.11 Å². The van der Waals surface area contributed by atoms with Gasteiger partial charge in [0.15, 0.2) is 0 Å². The largest absolute Gasteiger partial charge is 0.396 e. The fourth-order valence-corrected chi connectivity index (χ4v) is 1.27. The number of fused-ring (bicyclic) bond motifs is 1. The van der Waals surface area contributed by atoms with Gasteiger partial charge in [-0.25, -0.2) is 0 Å². The molecule has 0 atom stereocenters. The number of aliphatic hydroxyl groups is 1. The fraction of sp³-hybridized carbons (Fsp3) is 0.500. The molecule has 2 rings (SSSR count). The third kappa shape index (κ3) is 3.19. The number of aryl methyl sites for hydroxylation is 1. The number of aliphatic hydroxyl groups excluding tert-OH is 1. The first-order valence-corrected chi connectivity index (χ1v) is 5.01. The van der Waals surface area contributed by atoms with Crippen LogP contribution in [-0.2, 0) is 0 Å². The van der Waals surface area contributed by atoms with Gasteiger partial charge in [-0.05, 0) is 36.1 Å². The van der Waals surface area contributed by atoms with Crippen molar-refractivity contribution in [3.05, 3.63) is 23.8 Å². The summed E-state index contributed by atoms with van der Waals surface area (Å²) in [6, 6.07) is 6.52. The predicted molar refractivity (Wildman–Crippen MR) is 56.8 cm³/mol. The standard InChI is InChI=1S/C7H6.C5H12O/c1-5-2-3-6-4-7(5)6;1-2-3-4-5-6/h2-4H,1H3;6H,2-5H2,1H3. The van der Waals surface area contributed by atoms with Crippen molar-refractivity contribution in [3.63, 3.8) is 0 Å². The molecule has 0 heterocycles. The monoisotopic (exact) mass is 178 g/mol. The molecule has 13 heavy (non-hydrogen) atoms. The lowest BCUT2D eigenvalue weighted by atomic mass is 10.3. The molecule has 0 saturated carbocycles. The second-order valence-electron chi connectivity index (χ2n) is 3.46. The number of rotatable bonds is 3. The molecule has 2 aliphatic carbocycles. The van der Waals surface area contributed by atoms with Crippen molar-refractivity contribution in [1.29, 1.82) is 0 Å². The summed E-state index contributed by atoms with van der Waals surface area (Å²) in [5.41, 5.74) is 4.34. The van der Waals surface area contributed by atoms with E-state index in [2.05, 4.69) is 32.0 Å². The summed E-state index contributed by atoms with van der Waals surface area (Å²) in [4.78, 5) is 0. The quantitative estimate of drug-likeness (QED) is 0.716. The smallest absolute Gasteiger partial charge is 0.0431 e. The fourth-order valence-electron chi connectivity index (χ4n) is 1.27. The molecular formula is C12H18O. The zero-order chi connectivity index (χ0) is 9.68. The third-order valence-electron chi connectivity index (χ3n) is 2.23. The molecule has 0 radical (unpaired) electrons. The first-order chi connectivity index (χ1) is 6.29. The van der Waals surface area contributed by atoms with Gasteiger partial charge in [-0.15, -0.1) is 0 Å². The number of hydrogen-bond acceptors (Lipinski definition) is 1. The molecule has 0 unspecified atom stereocenters. The van der Waals surface area contributed by atoms with E-state index >= 15 is 0 Å². The molecule has 1 N–H and O–H groups in total. The SMILES string of the molecule is CCCCCO.Cc1ccc2cc1-2. The summed E-state index contributed by atoms with van der Waals surface area (Å²) < 4.78 is 0. The van der Waals surface area contributed by atoms with Gasteiger partial charge in [0.25, 0.3) is 0 Å². The first-order valence-electron chi connectivity index (χ1n) is 5.01. The van der Waals surface area contributed by atoms with Crippen LogP contribution < -0.4 is 0 Å². The van der Waals surface area contributed by atoms with E-state index in [-0.39, 0.29) is 0 Å². The Bertz CT molecular complexity index is 262. The van der Waals surface area contributed by atoms with Crippen LogP contribution >= 0.6 is 0 Å². The lowest BCUT2D eigenvalue weighted by molar-refractivity contribution is 0.284. The van der Waals surface area contributed by atoms with Gasteiger partial charge in [-0.3, -0.25) is 0 Å². The molecule has 0 bridgehead atoms. The molecule has 0 aromatic carbocycles. The summed E-state index contributed by atoms with van der Waals surface area (Å²) in [7, 11) is 0. The Morgan fingerprint density at radius 2 is 2.00 bits per heavy atom. The van der Waals surface area contributed by atoms with Crippen molar-refractivity contribution in [2.24, 2.45) is 0 Å². The van der Waals surface area contributed by atoms with Crippen LogP contribution in [0.1, 0.15) is 31.7 Å². The Kier molecular flexibility index (Phi) is 3.97. The van der Waals surface area contributed by atoms with Gasteiger partial charge in [0.05, 0.1) is 0 Å². The van der Waals surface area contributed by atoms with Gasteiger partial charge in [0.1, 0.15) is 0 Å². The maximum absolute atomic E-state index is 8.20. The number of unbranched alkanes of at least 4 members (excludes halogenated alkanes) is 2. The molecule has 0 aromatic rings. The van der Waals surface area contributed by atoms with Gasteiger partial charge in [0, 0.05) is 6.61 Å². The normalized spacial score (nSPS) is 10.4. The molecule has 0 aliphatic heterocycles. The average Bonchev–Trinajstić information content (AvgIpc) is 2.85. The van der Waals surface area contributed by atoms with Gasteiger partial charge in [-0.1, -0.05) is 31.9 Å². The summed E-state index contributed by atoms with van der Waals surface area (Å²) in [5, 5.41) is 8.20. The Hall–Kier alpha value is -0.820. The van der Waals surface area contributed by atoms with Crippen LogP contribution in [-0.4, -0.2) is 11.7 Å². The van der Waals surface area contributed by atoms with Crippen LogP contribution in [0.4, 0.5) is 0 Å². The maximum atomic E-state index is 8.20. The van der Waals surface area contributed by atoms with Gasteiger partial charge in [-0.2, -0.15) is 0 Å². The summed E-state index contributed by atoms with van der Waals surface area (Å²) >= 11 is 0. The van der Waals surface area contributed by atoms with Crippen molar-refractivity contribution < 1.29 is 5.11 Å². The number of benzene rings is 1. The Balaban J connectivity index is 0.000000133. The maximum Gasteiger partial charge on any atom is 0.0431 e. The van der Waals surface area contributed by atoms with Gasteiger partial charge in [0.2, 0.25) is 0 Å². The highest BCUT2D eigenvalue weighted by atomic mass is 16.2. The van der Waals surface area contributed by atoms with E-state index in [1.807, 2.05) is 0 Å². The van der Waals surface area contributed by atoms with E-state index in [1.54, 1.807) is 0 Å². The molecule has 0 fully saturated rings. The molecule has 1 nitrogen and oxygen atoms in total. The minimum absolute atomic E-state index is 0.355. The van der Waals surface area contributed by atoms with E-state index in [4.69, 9.17) is 5.11 Å². The molecule has 0 aromatic heterocycles. The zero-order valence-corrected chi connectivity index (χ0v) is 8.51. The van der Waals surface area contributed by atoms with E-state index < -0.39 is 0 Å². The Morgan fingerprint density at radius 1 is 1.23 bits per heavy atom. The second-order valence-corrected chi connectivity index (χ2v) is 3.46. The van der Waals surface area contributed by atoms with Crippen LogP contribution in [0.25, 0.3) is 11.1 Å². The van der Waals surface area contributed by atoms with Crippen LogP contribution in [0.2, 0.25) is 0 Å². The van der Waals surface area contributed by atoms with Gasteiger partial charge >= 0.3 is 0 Å². The minimum atomic E-state index is 0.355. The highest BCUT2D eigenvalue weighted by Crippen LogP contribution is 2.37. The summed E-state index contributed by atoms with van der Waals surface area (Å²) in [5.74, 6) is 0. The molecule has 72 valence electrons. The molecule has 0 amide bonds. The van der Waals surface area contributed by atoms with Crippen molar-refractivity contribution in [1.82, 2.24) is 0 Å². The van der Waals surface area contributed by atoms with Crippen molar-refractivity contribution >= 4 is 0 Å². The van der Waals surface area contributed by atoms with Crippen LogP contribution in [0.3, 0.4) is 0 Å². The van der Waals surface area contributed by atoms with E-state index in [0.717, 1.165) is 12.8 Å². The van der Waals surface area contributed by atoms with E-state index in [9.17, 15) is 0 Å². The van der Waals surface area contributed by atoms with Crippen molar-refractivity contribution in [2.45, 2.75) is 33.1 Å². The van der Waals surface area contributed by atoms with Crippen molar-refractivity contribution in [2.75, 3.05) is 6.61 Å². The lowest BCUT2D eigenvalue weighted by Gasteiger charge is -1.85. The predicted octanol–water partition coefficient (Wildman–Crippen LogP) is 3.14. The second kappa shape index (κ2) is 5.03. The highest BCUT2D eigenvalue weighted by molar-refractivity contribution is 5.84. The van der Waals surface area contributed by atoms with E-state index in [1.165, 1.54) is 23.1 Å². The highest BCUT2D eigenvalue weighted by Gasteiger charge is 2.12. The third-order valence-corrected chi connectivity index (χ3v) is 2.23. The Labute approximate surface area is 80.4 Å². The summed E-state index contributed by atoms with van der Waals surface area (Å²) in [6.07, 6.45) is 3.33. The Morgan fingerprint density at radius 3 is 2.15 bits per heavy atom. The van der Waals surface area contributed by atoms with E-state index in [0.29, 0.717) is 6.61 Å². The average molecular weight is 178 g/mol. The zero-order valence-electron chi connectivity index (χ0n) is 8.51. The van der Waals surface area contributed by atoms with Crippen molar-refractivity contribution in [3.8, 4) is 11.1 Å². The summed E-state index contributed by atoms with van der Waals surface area (Å²) in [6.45, 7) is 4.62. The molecule has 1 heteroatoms. The van der Waals surface area contributed by atoms with Crippen LogP contribution in [0.5, 0.6) is 0 Å². The molecule has 0 saturated heterocycles. The number of hydrogen-bond donors (Lipinski definition) is 1. The molecular weight excluding hydrogens is 160 g/mol. The molecule has 0 spiro atoms. The lowest BCUT2D eigenvalue weighted by Crippen LogP contribution is -1.78. The minimum Gasteiger partial charge on any atom is -0.396 e. The topological polar surface area (TPSA) is 20.2 Å².